The SMILES string of the molecule is COc1cc(F)ccc1-n1c(N)nc2cc(Br)ccc21. The van der Waals surface area contributed by atoms with Crippen LogP contribution in [0.5, 0.6) is 5.75 Å². The number of benzene rings is 2. The minimum atomic E-state index is -0.365. The Morgan fingerprint density at radius 1 is 1.25 bits per heavy atom. The van der Waals surface area contributed by atoms with E-state index in [2.05, 4.69) is 20.9 Å². The summed E-state index contributed by atoms with van der Waals surface area (Å²) in [6.45, 7) is 0. The number of ether oxygens (including phenoxy) is 1. The molecule has 0 spiro atoms. The van der Waals surface area contributed by atoms with Crippen molar-refractivity contribution in [1.29, 1.82) is 0 Å². The molecule has 0 aliphatic heterocycles. The van der Waals surface area contributed by atoms with Crippen LogP contribution in [0.25, 0.3) is 16.7 Å². The number of nitrogen functional groups attached to an aromatic ring is 1. The lowest BCUT2D eigenvalue weighted by molar-refractivity contribution is 0.410. The van der Waals surface area contributed by atoms with E-state index in [-0.39, 0.29) is 5.82 Å². The summed E-state index contributed by atoms with van der Waals surface area (Å²) in [5.74, 6) is 0.360. The molecule has 20 heavy (non-hydrogen) atoms. The molecule has 0 aliphatic rings. The number of nitrogens with two attached hydrogens (primary N) is 1. The van der Waals surface area contributed by atoms with Gasteiger partial charge in [0.1, 0.15) is 11.6 Å². The van der Waals surface area contributed by atoms with Gasteiger partial charge < -0.3 is 10.5 Å². The molecule has 3 rings (SSSR count). The first kappa shape index (κ1) is 12.9. The summed E-state index contributed by atoms with van der Waals surface area (Å²) in [5, 5.41) is 0. The molecule has 2 N–H and O–H groups in total. The first-order valence-corrected chi connectivity index (χ1v) is 6.67. The van der Waals surface area contributed by atoms with Gasteiger partial charge in [0.2, 0.25) is 5.95 Å². The van der Waals surface area contributed by atoms with Crippen molar-refractivity contribution >= 4 is 32.9 Å². The molecule has 0 unspecified atom stereocenters. The molecule has 0 bridgehead atoms. The third-order valence-corrected chi connectivity index (χ3v) is 3.52. The molecule has 0 aliphatic carbocycles. The molecule has 6 heteroatoms. The number of hydrogen-bond acceptors (Lipinski definition) is 3. The quantitative estimate of drug-likeness (QED) is 0.779. The van der Waals surface area contributed by atoms with Gasteiger partial charge in [-0.2, -0.15) is 0 Å². The van der Waals surface area contributed by atoms with Crippen molar-refractivity contribution in [3.05, 3.63) is 46.7 Å². The highest BCUT2D eigenvalue weighted by atomic mass is 79.9. The van der Waals surface area contributed by atoms with Gasteiger partial charge in [0.25, 0.3) is 0 Å². The van der Waals surface area contributed by atoms with Gasteiger partial charge in [0, 0.05) is 10.5 Å². The van der Waals surface area contributed by atoms with Crippen LogP contribution in [-0.2, 0) is 0 Å². The predicted molar refractivity (Wildman–Crippen MR) is 79.7 cm³/mol. The summed E-state index contributed by atoms with van der Waals surface area (Å²) >= 11 is 3.40. The van der Waals surface area contributed by atoms with Crippen molar-refractivity contribution < 1.29 is 9.13 Å². The maximum Gasteiger partial charge on any atom is 0.206 e. The normalized spacial score (nSPS) is 10.9. The minimum Gasteiger partial charge on any atom is -0.494 e. The number of halogens is 2. The zero-order valence-corrected chi connectivity index (χ0v) is 12.2. The fourth-order valence-corrected chi connectivity index (χ4v) is 2.51. The van der Waals surface area contributed by atoms with E-state index in [0.717, 1.165) is 15.5 Å². The number of fused-ring (bicyclic) bond motifs is 1. The molecule has 1 heterocycles. The zero-order chi connectivity index (χ0) is 14.3. The molecule has 4 nitrogen and oxygen atoms in total. The van der Waals surface area contributed by atoms with Crippen molar-refractivity contribution in [3.63, 3.8) is 0 Å². The van der Waals surface area contributed by atoms with Crippen LogP contribution in [0.3, 0.4) is 0 Å². The summed E-state index contributed by atoms with van der Waals surface area (Å²) in [6, 6.07) is 9.97. The molecule has 0 saturated carbocycles. The van der Waals surface area contributed by atoms with Gasteiger partial charge in [-0.1, -0.05) is 15.9 Å². The molecule has 3 aromatic rings. The lowest BCUT2D eigenvalue weighted by atomic mass is 10.2. The Labute approximate surface area is 123 Å². The summed E-state index contributed by atoms with van der Waals surface area (Å²) in [6.07, 6.45) is 0. The number of methoxy groups -OCH3 is 1. The lowest BCUT2D eigenvalue weighted by Crippen LogP contribution is -2.03. The molecular formula is C14H11BrFN3O. The van der Waals surface area contributed by atoms with E-state index in [1.165, 1.54) is 19.2 Å². The van der Waals surface area contributed by atoms with E-state index in [0.29, 0.717) is 17.4 Å². The Bertz CT molecular complexity index is 800. The predicted octanol–water partition coefficient (Wildman–Crippen LogP) is 3.52. The first-order valence-electron chi connectivity index (χ1n) is 5.87. The molecule has 0 saturated heterocycles. The van der Waals surface area contributed by atoms with Gasteiger partial charge in [0.15, 0.2) is 0 Å². The minimum absolute atomic E-state index is 0.322. The zero-order valence-electron chi connectivity index (χ0n) is 10.6. The van der Waals surface area contributed by atoms with Crippen molar-refractivity contribution in [1.82, 2.24) is 9.55 Å². The van der Waals surface area contributed by atoms with Gasteiger partial charge in [-0.3, -0.25) is 4.57 Å². The molecule has 0 amide bonds. The molecule has 102 valence electrons. The Kier molecular flexibility index (Phi) is 3.10. The molecule has 0 radical (unpaired) electrons. The number of nitrogens with zero attached hydrogens (tertiary/aromatic N) is 2. The number of anilines is 1. The van der Waals surface area contributed by atoms with Crippen molar-refractivity contribution in [2.24, 2.45) is 0 Å². The standard InChI is InChI=1S/C14H11BrFN3O/c1-20-13-7-9(16)3-5-12(13)19-11-4-2-8(15)6-10(11)18-14(19)17/h2-7H,1H3,(H2,17,18). The van der Waals surface area contributed by atoms with Gasteiger partial charge in [-0.05, 0) is 30.3 Å². The van der Waals surface area contributed by atoms with E-state index in [4.69, 9.17) is 10.5 Å². The van der Waals surface area contributed by atoms with Gasteiger partial charge >= 0.3 is 0 Å². The van der Waals surface area contributed by atoms with Crippen LogP contribution in [-0.4, -0.2) is 16.7 Å². The number of aromatic nitrogens is 2. The number of imidazole rings is 1. The van der Waals surface area contributed by atoms with Crippen LogP contribution in [0.2, 0.25) is 0 Å². The largest absolute Gasteiger partial charge is 0.494 e. The maximum atomic E-state index is 13.3. The summed E-state index contributed by atoms with van der Waals surface area (Å²) in [5.41, 5.74) is 8.22. The smallest absolute Gasteiger partial charge is 0.206 e. The van der Waals surface area contributed by atoms with Crippen molar-refractivity contribution in [3.8, 4) is 11.4 Å². The fraction of sp³-hybridized carbons (Fsp3) is 0.0714. The monoisotopic (exact) mass is 335 g/mol. The Hall–Kier alpha value is -2.08. The highest BCUT2D eigenvalue weighted by Gasteiger charge is 2.14. The van der Waals surface area contributed by atoms with E-state index in [1.807, 2.05) is 18.2 Å². The van der Waals surface area contributed by atoms with Crippen molar-refractivity contribution in [2.45, 2.75) is 0 Å². The third-order valence-electron chi connectivity index (χ3n) is 3.03. The highest BCUT2D eigenvalue weighted by molar-refractivity contribution is 9.10. The van der Waals surface area contributed by atoms with Crippen LogP contribution >= 0.6 is 15.9 Å². The molecule has 0 atom stereocenters. The second-order valence-corrected chi connectivity index (χ2v) is 5.17. The molecule has 1 aromatic heterocycles. The summed E-state index contributed by atoms with van der Waals surface area (Å²) in [7, 11) is 1.49. The number of hydrogen-bond donors (Lipinski definition) is 1. The van der Waals surface area contributed by atoms with Crippen LogP contribution in [0.15, 0.2) is 40.9 Å². The third kappa shape index (κ3) is 2.02. The molecular weight excluding hydrogens is 325 g/mol. The summed E-state index contributed by atoms with van der Waals surface area (Å²) < 4.78 is 21.2. The number of rotatable bonds is 2. The Morgan fingerprint density at radius 3 is 2.80 bits per heavy atom. The molecule has 2 aromatic carbocycles. The maximum absolute atomic E-state index is 13.3. The Morgan fingerprint density at radius 2 is 2.05 bits per heavy atom. The van der Waals surface area contributed by atoms with E-state index in [1.54, 1.807) is 10.6 Å². The second-order valence-electron chi connectivity index (χ2n) is 4.25. The first-order chi connectivity index (χ1) is 9.60. The van der Waals surface area contributed by atoms with Crippen LogP contribution in [0.4, 0.5) is 10.3 Å². The van der Waals surface area contributed by atoms with Crippen LogP contribution in [0.1, 0.15) is 0 Å². The van der Waals surface area contributed by atoms with Gasteiger partial charge in [-0.15, -0.1) is 0 Å². The van der Waals surface area contributed by atoms with E-state index >= 15 is 0 Å². The van der Waals surface area contributed by atoms with Gasteiger partial charge in [-0.25, -0.2) is 9.37 Å². The average molecular weight is 336 g/mol. The van der Waals surface area contributed by atoms with Gasteiger partial charge in [0.05, 0.1) is 23.8 Å². The van der Waals surface area contributed by atoms with Crippen molar-refractivity contribution in [2.75, 3.05) is 12.8 Å². The highest BCUT2D eigenvalue weighted by Crippen LogP contribution is 2.31. The fourth-order valence-electron chi connectivity index (χ4n) is 2.16. The topological polar surface area (TPSA) is 53.1 Å². The van der Waals surface area contributed by atoms with E-state index in [9.17, 15) is 4.39 Å². The second kappa shape index (κ2) is 4.79. The molecule has 0 fully saturated rings. The van der Waals surface area contributed by atoms with Crippen LogP contribution < -0.4 is 10.5 Å². The lowest BCUT2D eigenvalue weighted by Gasteiger charge is -2.11. The average Bonchev–Trinajstić information content (AvgIpc) is 2.73. The van der Waals surface area contributed by atoms with E-state index < -0.39 is 0 Å². The van der Waals surface area contributed by atoms with Crippen LogP contribution in [0, 0.1) is 5.82 Å². The Balaban J connectivity index is 2.32. The summed E-state index contributed by atoms with van der Waals surface area (Å²) in [4.78, 5) is 4.31.